The second kappa shape index (κ2) is 9.48. The van der Waals surface area contributed by atoms with Gasteiger partial charge < -0.3 is 10.6 Å². The van der Waals surface area contributed by atoms with Crippen molar-refractivity contribution in [1.82, 2.24) is 15.5 Å². The molecule has 2 N–H and O–H groups in total. The Bertz CT molecular complexity index is 778. The van der Waals surface area contributed by atoms with Crippen molar-refractivity contribution in [3.05, 3.63) is 63.9 Å². The van der Waals surface area contributed by atoms with Crippen LogP contribution in [0.4, 0.5) is 0 Å². The third-order valence-corrected chi connectivity index (χ3v) is 5.72. The largest absolute Gasteiger partial charge is 0.355 e. The maximum absolute atomic E-state index is 12.2. The van der Waals surface area contributed by atoms with E-state index >= 15 is 0 Å². The Morgan fingerprint density at radius 2 is 1.93 bits per heavy atom. The third kappa shape index (κ3) is 5.28. The van der Waals surface area contributed by atoms with Crippen LogP contribution >= 0.6 is 11.3 Å². The molecule has 1 unspecified atom stereocenters. The molecule has 1 aliphatic heterocycles. The topological polar surface area (TPSA) is 61.4 Å². The second-order valence-corrected chi connectivity index (χ2v) is 7.53. The molecule has 1 aromatic heterocycles. The number of carbonyl (C=O) groups excluding carboxylic acids is 2. The van der Waals surface area contributed by atoms with Crippen molar-refractivity contribution in [1.29, 1.82) is 0 Å². The highest BCUT2D eigenvalue weighted by molar-refractivity contribution is 7.10. The molecule has 0 aliphatic carbocycles. The van der Waals surface area contributed by atoms with Crippen LogP contribution in [0.2, 0.25) is 0 Å². The van der Waals surface area contributed by atoms with Crippen molar-refractivity contribution in [2.75, 3.05) is 26.7 Å². The molecular formula is C21H25N3O2S. The number of thiophene rings is 1. The van der Waals surface area contributed by atoms with E-state index in [2.05, 4.69) is 33.0 Å². The molecule has 1 aliphatic rings. The molecule has 1 saturated heterocycles. The maximum atomic E-state index is 12.2. The summed E-state index contributed by atoms with van der Waals surface area (Å²) in [5, 5.41) is 7.71. The lowest BCUT2D eigenvalue weighted by molar-refractivity contribution is -0.116. The van der Waals surface area contributed by atoms with Crippen LogP contribution in [-0.4, -0.2) is 43.4 Å². The molecule has 1 aromatic carbocycles. The standard InChI is InChI=1S/C21H25N3O2S/c1-22-21(26)17-9-6-16(7-10-17)8-11-20(25)23-15-18(19-5-4-14-27-19)24-12-2-3-13-24/h4-11,14,18H,2-3,12-13,15H2,1H3,(H,22,26)(H,23,25)/b11-8+. The van der Waals surface area contributed by atoms with E-state index in [9.17, 15) is 9.59 Å². The second-order valence-electron chi connectivity index (χ2n) is 6.55. The zero-order valence-electron chi connectivity index (χ0n) is 15.5. The molecule has 3 rings (SSSR count). The van der Waals surface area contributed by atoms with E-state index in [-0.39, 0.29) is 17.9 Å². The minimum atomic E-state index is -0.121. The molecule has 2 amide bonds. The number of nitrogens with one attached hydrogen (secondary N) is 2. The van der Waals surface area contributed by atoms with Gasteiger partial charge in [0.25, 0.3) is 5.91 Å². The van der Waals surface area contributed by atoms with E-state index < -0.39 is 0 Å². The summed E-state index contributed by atoms with van der Waals surface area (Å²) in [7, 11) is 1.60. The Balaban J connectivity index is 1.56. The zero-order valence-corrected chi connectivity index (χ0v) is 16.3. The smallest absolute Gasteiger partial charge is 0.251 e. The number of hydrogen-bond donors (Lipinski definition) is 2. The number of carbonyl (C=O) groups is 2. The van der Waals surface area contributed by atoms with Crippen LogP contribution in [0.1, 0.15) is 39.7 Å². The highest BCUT2D eigenvalue weighted by Crippen LogP contribution is 2.27. The molecule has 5 nitrogen and oxygen atoms in total. The first kappa shape index (κ1) is 19.3. The molecule has 6 heteroatoms. The molecule has 0 radical (unpaired) electrons. The summed E-state index contributed by atoms with van der Waals surface area (Å²) < 4.78 is 0. The van der Waals surface area contributed by atoms with Crippen LogP contribution in [-0.2, 0) is 4.79 Å². The third-order valence-electron chi connectivity index (χ3n) is 4.75. The van der Waals surface area contributed by atoms with Gasteiger partial charge in [0.15, 0.2) is 0 Å². The molecule has 0 saturated carbocycles. The fraction of sp³-hybridized carbons (Fsp3) is 0.333. The first-order valence-electron chi connectivity index (χ1n) is 9.23. The lowest BCUT2D eigenvalue weighted by Crippen LogP contribution is -2.35. The van der Waals surface area contributed by atoms with Gasteiger partial charge in [-0.2, -0.15) is 0 Å². The summed E-state index contributed by atoms with van der Waals surface area (Å²) >= 11 is 1.74. The summed E-state index contributed by atoms with van der Waals surface area (Å²) in [5.41, 5.74) is 1.48. The summed E-state index contributed by atoms with van der Waals surface area (Å²) in [6, 6.07) is 11.6. The Kier molecular flexibility index (Phi) is 6.79. The molecule has 27 heavy (non-hydrogen) atoms. The molecule has 1 atom stereocenters. The number of nitrogens with zero attached hydrogens (tertiary/aromatic N) is 1. The molecule has 1 fully saturated rings. The van der Waals surface area contributed by atoms with Crippen LogP contribution in [0.15, 0.2) is 47.9 Å². The fourth-order valence-corrected chi connectivity index (χ4v) is 4.12. The normalized spacial score (nSPS) is 15.7. The van der Waals surface area contributed by atoms with Gasteiger partial charge in [-0.25, -0.2) is 0 Å². The number of amides is 2. The maximum Gasteiger partial charge on any atom is 0.251 e. The molecule has 2 aromatic rings. The molecule has 2 heterocycles. The average Bonchev–Trinajstić information content (AvgIpc) is 3.41. The monoisotopic (exact) mass is 383 g/mol. The highest BCUT2D eigenvalue weighted by atomic mass is 32.1. The van der Waals surface area contributed by atoms with E-state index in [4.69, 9.17) is 0 Å². The van der Waals surface area contributed by atoms with Gasteiger partial charge in [-0.05, 0) is 61.1 Å². The van der Waals surface area contributed by atoms with Crippen LogP contribution in [0.3, 0.4) is 0 Å². The minimum Gasteiger partial charge on any atom is -0.355 e. The van der Waals surface area contributed by atoms with E-state index in [1.807, 2.05) is 12.1 Å². The lowest BCUT2D eigenvalue weighted by Gasteiger charge is -2.26. The molecular weight excluding hydrogens is 358 g/mol. The average molecular weight is 384 g/mol. The van der Waals surface area contributed by atoms with Crippen LogP contribution in [0.5, 0.6) is 0 Å². The zero-order chi connectivity index (χ0) is 19.1. The van der Waals surface area contributed by atoms with Gasteiger partial charge in [0.2, 0.25) is 5.91 Å². The summed E-state index contributed by atoms with van der Waals surface area (Å²) in [6.45, 7) is 2.79. The Labute approximate surface area is 164 Å². The van der Waals surface area contributed by atoms with Gasteiger partial charge in [-0.15, -0.1) is 11.3 Å². The Morgan fingerprint density at radius 1 is 1.19 bits per heavy atom. The van der Waals surface area contributed by atoms with Gasteiger partial charge in [-0.1, -0.05) is 18.2 Å². The summed E-state index contributed by atoms with van der Waals surface area (Å²) in [5.74, 6) is -0.226. The van der Waals surface area contributed by atoms with Crippen molar-refractivity contribution in [3.63, 3.8) is 0 Å². The first-order chi connectivity index (χ1) is 13.2. The number of likely N-dealkylation sites (tertiary alicyclic amines) is 1. The summed E-state index contributed by atoms with van der Waals surface area (Å²) in [4.78, 5) is 27.5. The first-order valence-corrected chi connectivity index (χ1v) is 10.1. The van der Waals surface area contributed by atoms with E-state index in [1.54, 1.807) is 42.7 Å². The number of hydrogen-bond acceptors (Lipinski definition) is 4. The van der Waals surface area contributed by atoms with Crippen molar-refractivity contribution >= 4 is 29.2 Å². The Hall–Kier alpha value is -2.44. The molecule has 142 valence electrons. The van der Waals surface area contributed by atoms with Crippen molar-refractivity contribution in [2.45, 2.75) is 18.9 Å². The van der Waals surface area contributed by atoms with Crippen LogP contribution < -0.4 is 10.6 Å². The van der Waals surface area contributed by atoms with Gasteiger partial charge in [0.1, 0.15) is 0 Å². The van der Waals surface area contributed by atoms with E-state index in [0.29, 0.717) is 12.1 Å². The fourth-order valence-electron chi connectivity index (χ4n) is 3.26. The van der Waals surface area contributed by atoms with Gasteiger partial charge in [0, 0.05) is 30.1 Å². The van der Waals surface area contributed by atoms with Gasteiger partial charge >= 0.3 is 0 Å². The van der Waals surface area contributed by atoms with Gasteiger partial charge in [0.05, 0.1) is 6.04 Å². The quantitative estimate of drug-likeness (QED) is 0.723. The predicted octanol–water partition coefficient (Wildman–Crippen LogP) is 3.07. The SMILES string of the molecule is CNC(=O)c1ccc(/C=C/C(=O)NCC(c2cccs2)N2CCCC2)cc1. The lowest BCUT2D eigenvalue weighted by atomic mass is 10.1. The minimum absolute atomic E-state index is 0.105. The van der Waals surface area contributed by atoms with Crippen molar-refractivity contribution in [3.8, 4) is 0 Å². The van der Waals surface area contributed by atoms with Crippen molar-refractivity contribution < 1.29 is 9.59 Å². The van der Waals surface area contributed by atoms with Gasteiger partial charge in [-0.3, -0.25) is 14.5 Å². The molecule has 0 bridgehead atoms. The highest BCUT2D eigenvalue weighted by Gasteiger charge is 2.24. The van der Waals surface area contributed by atoms with Crippen LogP contribution in [0, 0.1) is 0 Å². The number of benzene rings is 1. The Morgan fingerprint density at radius 3 is 2.56 bits per heavy atom. The molecule has 0 spiro atoms. The van der Waals surface area contributed by atoms with E-state index in [0.717, 1.165) is 18.7 Å². The van der Waals surface area contributed by atoms with Crippen LogP contribution in [0.25, 0.3) is 6.08 Å². The summed E-state index contributed by atoms with van der Waals surface area (Å²) in [6.07, 6.45) is 5.76. The predicted molar refractivity (Wildman–Crippen MR) is 110 cm³/mol. The van der Waals surface area contributed by atoms with Crippen molar-refractivity contribution in [2.24, 2.45) is 0 Å². The van der Waals surface area contributed by atoms with E-state index in [1.165, 1.54) is 17.7 Å². The number of rotatable bonds is 7.